The molecule has 0 bridgehead atoms. The van der Waals surface area contributed by atoms with Crippen LogP contribution in [0.4, 0.5) is 17.6 Å². The maximum absolute atomic E-state index is 13.5. The zero-order valence-electron chi connectivity index (χ0n) is 6.69. The molecular weight excluding hydrogens is 365 g/mol. The molecule has 1 nitrogen and oxygen atoms in total. The molecule has 1 aliphatic carbocycles. The molecule has 1 saturated carbocycles. The number of alkyl halides is 10. The van der Waals surface area contributed by atoms with Gasteiger partial charge >= 0.3 is 15.8 Å². The van der Waals surface area contributed by atoms with Crippen molar-refractivity contribution >= 4 is 69.6 Å². The summed E-state index contributed by atoms with van der Waals surface area (Å²) in [5.74, 6) is -3.80. The van der Waals surface area contributed by atoms with Crippen molar-refractivity contribution in [2.24, 2.45) is 0 Å². The van der Waals surface area contributed by atoms with E-state index in [9.17, 15) is 17.6 Å². The molecule has 96 valence electrons. The van der Waals surface area contributed by atoms with E-state index in [1.165, 1.54) is 0 Å². The first-order valence-electron chi connectivity index (χ1n) is 3.30. The van der Waals surface area contributed by atoms with Gasteiger partial charge in [-0.15, -0.1) is 0 Å². The second-order valence-corrected chi connectivity index (χ2v) is 6.43. The van der Waals surface area contributed by atoms with Gasteiger partial charge in [0.2, 0.25) is 4.33 Å². The number of ether oxygens (including phenoxy) is 1. The molecule has 0 saturated heterocycles. The Kier molecular flexibility index (Phi) is 3.59. The zero-order chi connectivity index (χ0) is 13.2. The molecular formula is C5Cl6F4O. The van der Waals surface area contributed by atoms with Crippen LogP contribution >= 0.6 is 69.6 Å². The maximum atomic E-state index is 13.5. The van der Waals surface area contributed by atoms with E-state index in [1.54, 1.807) is 0 Å². The van der Waals surface area contributed by atoms with Crippen molar-refractivity contribution in [2.75, 3.05) is 0 Å². The summed E-state index contributed by atoms with van der Waals surface area (Å²) in [7, 11) is 0. The molecule has 0 aromatic rings. The topological polar surface area (TPSA) is 9.23 Å². The number of hydrogen-bond donors (Lipinski definition) is 0. The van der Waals surface area contributed by atoms with Crippen molar-refractivity contribution in [3.05, 3.63) is 0 Å². The van der Waals surface area contributed by atoms with Crippen LogP contribution in [0.3, 0.4) is 0 Å². The summed E-state index contributed by atoms with van der Waals surface area (Å²) in [5.41, 5.74) is 0. The molecule has 0 heterocycles. The van der Waals surface area contributed by atoms with Crippen LogP contribution in [0, 0.1) is 0 Å². The molecule has 3 unspecified atom stereocenters. The van der Waals surface area contributed by atoms with Crippen molar-refractivity contribution < 1.29 is 22.3 Å². The van der Waals surface area contributed by atoms with Crippen LogP contribution < -0.4 is 0 Å². The van der Waals surface area contributed by atoms with Gasteiger partial charge in [0.25, 0.3) is 5.13 Å². The summed E-state index contributed by atoms with van der Waals surface area (Å²) in [4.78, 5) is 0. The molecule has 11 heteroatoms. The van der Waals surface area contributed by atoms with Crippen LogP contribution in [0.25, 0.3) is 0 Å². The summed E-state index contributed by atoms with van der Waals surface area (Å²) in [6, 6.07) is 0. The van der Waals surface area contributed by atoms with E-state index in [1.807, 2.05) is 0 Å². The van der Waals surface area contributed by atoms with Gasteiger partial charge in [-0.05, 0) is 11.6 Å². The van der Waals surface area contributed by atoms with Crippen LogP contribution in [-0.2, 0) is 4.74 Å². The normalized spacial score (nSPS) is 41.6. The van der Waals surface area contributed by atoms with Crippen molar-refractivity contribution in [1.29, 1.82) is 0 Å². The minimum Gasteiger partial charge on any atom is -0.285 e. The molecule has 1 fully saturated rings. The molecule has 0 aromatic carbocycles. The van der Waals surface area contributed by atoms with Gasteiger partial charge in [-0.3, -0.25) is 4.74 Å². The largest absolute Gasteiger partial charge is 0.352 e. The predicted octanol–water partition coefficient (Wildman–Crippen LogP) is 4.72. The summed E-state index contributed by atoms with van der Waals surface area (Å²) >= 11 is 28.7. The van der Waals surface area contributed by atoms with Gasteiger partial charge in [0.1, 0.15) is 0 Å². The van der Waals surface area contributed by atoms with E-state index in [2.05, 4.69) is 39.5 Å². The standard InChI is InChI=1S/C5Cl6F4O/c6-1(7)2(8,12)3(1,13)16-5(11,15)4(9,10)14. The average Bonchev–Trinajstić information content (AvgIpc) is 2.25. The summed E-state index contributed by atoms with van der Waals surface area (Å²) in [6.45, 7) is 0. The minimum absolute atomic E-state index is 2.98. The molecule has 0 N–H and O–H groups in total. The Hall–Kier alpha value is 1.42. The lowest BCUT2D eigenvalue weighted by Gasteiger charge is -2.25. The average molecular weight is 365 g/mol. The summed E-state index contributed by atoms with van der Waals surface area (Å²) in [5, 5.41) is -7.66. The van der Waals surface area contributed by atoms with Crippen LogP contribution in [0.2, 0.25) is 0 Å². The molecule has 0 aliphatic heterocycles. The number of rotatable bonds is 3. The van der Waals surface area contributed by atoms with Gasteiger partial charge in [0.05, 0.1) is 0 Å². The SMILES string of the molecule is FC(Cl)(Cl)C(F)(Cl)OC1(F)C(F)(Cl)C1(Cl)Cl. The number of hydrogen-bond acceptors (Lipinski definition) is 1. The Morgan fingerprint density at radius 2 is 1.25 bits per heavy atom. The Morgan fingerprint density at radius 3 is 1.44 bits per heavy atom. The van der Waals surface area contributed by atoms with Crippen molar-refractivity contribution in [3.8, 4) is 0 Å². The molecule has 1 rings (SSSR count). The van der Waals surface area contributed by atoms with Crippen LogP contribution in [0.15, 0.2) is 0 Å². The quantitative estimate of drug-likeness (QED) is 0.520. The third kappa shape index (κ3) is 1.87. The molecule has 3 atom stereocenters. The lowest BCUT2D eigenvalue weighted by atomic mass is 10.6. The van der Waals surface area contributed by atoms with Crippen LogP contribution in [0.5, 0.6) is 0 Å². The van der Waals surface area contributed by atoms with Gasteiger partial charge < -0.3 is 0 Å². The first-order valence-corrected chi connectivity index (χ1v) is 5.57. The Bertz CT molecular complexity index is 299. The first-order chi connectivity index (χ1) is 6.71. The zero-order valence-corrected chi connectivity index (χ0v) is 11.2. The van der Waals surface area contributed by atoms with E-state index in [4.69, 9.17) is 34.8 Å². The van der Waals surface area contributed by atoms with E-state index in [-0.39, 0.29) is 0 Å². The van der Waals surface area contributed by atoms with Gasteiger partial charge in [0.15, 0.2) is 0 Å². The highest BCUT2D eigenvalue weighted by atomic mass is 35.5. The van der Waals surface area contributed by atoms with Gasteiger partial charge in [-0.1, -0.05) is 58.0 Å². The fourth-order valence-corrected chi connectivity index (χ4v) is 1.75. The second kappa shape index (κ2) is 3.71. The molecule has 0 spiro atoms. The third-order valence-electron chi connectivity index (χ3n) is 1.74. The van der Waals surface area contributed by atoms with E-state index < -0.39 is 25.2 Å². The molecule has 16 heavy (non-hydrogen) atoms. The number of halogens is 10. The van der Waals surface area contributed by atoms with Crippen molar-refractivity contribution in [1.82, 2.24) is 0 Å². The fraction of sp³-hybridized carbons (Fsp3) is 1.00. The summed E-state index contributed by atoms with van der Waals surface area (Å²) in [6.07, 6.45) is 0. The lowest BCUT2D eigenvalue weighted by Crippen LogP contribution is -2.41. The lowest BCUT2D eigenvalue weighted by molar-refractivity contribution is -0.216. The fourth-order valence-electron chi connectivity index (χ4n) is 0.726. The smallest absolute Gasteiger partial charge is 0.285 e. The van der Waals surface area contributed by atoms with E-state index in [0.717, 1.165) is 0 Å². The molecule has 0 aromatic heterocycles. The van der Waals surface area contributed by atoms with Gasteiger partial charge in [-0.2, -0.15) is 8.78 Å². The highest BCUT2D eigenvalue weighted by molar-refractivity contribution is 6.59. The third-order valence-corrected chi connectivity index (χ3v) is 4.48. The maximum Gasteiger partial charge on any atom is 0.352 e. The minimum atomic E-state index is -4.14. The molecule has 1 aliphatic rings. The highest BCUT2D eigenvalue weighted by Gasteiger charge is 2.95. The Labute approximate surface area is 117 Å². The van der Waals surface area contributed by atoms with Crippen LogP contribution in [-0.4, -0.2) is 25.2 Å². The predicted molar refractivity (Wildman–Crippen MR) is 54.3 cm³/mol. The van der Waals surface area contributed by atoms with E-state index in [0.29, 0.717) is 0 Å². The van der Waals surface area contributed by atoms with Crippen molar-refractivity contribution in [2.45, 2.75) is 25.2 Å². The second-order valence-electron chi connectivity index (χ2n) is 2.86. The summed E-state index contributed by atoms with van der Waals surface area (Å²) < 4.78 is 49.1. The van der Waals surface area contributed by atoms with Gasteiger partial charge in [-0.25, -0.2) is 8.78 Å². The van der Waals surface area contributed by atoms with Gasteiger partial charge in [0, 0.05) is 0 Å². The Morgan fingerprint density at radius 1 is 0.938 bits per heavy atom. The first kappa shape index (κ1) is 15.5. The molecule has 0 amide bonds. The monoisotopic (exact) mass is 362 g/mol. The van der Waals surface area contributed by atoms with E-state index >= 15 is 0 Å². The highest BCUT2D eigenvalue weighted by Crippen LogP contribution is 2.74. The Balaban J connectivity index is 2.94. The van der Waals surface area contributed by atoms with Crippen molar-refractivity contribution in [3.63, 3.8) is 0 Å². The molecule has 0 radical (unpaired) electrons. The van der Waals surface area contributed by atoms with Crippen LogP contribution in [0.1, 0.15) is 0 Å².